The standard InChI is InChI=1S/C4H8O2.Se/c1-2-6-4-3-5-1;/h1-4H2;. The fourth-order valence-corrected chi connectivity index (χ4v) is 0.440. The van der Waals surface area contributed by atoms with Crippen LogP contribution in [-0.2, 0) is 9.47 Å². The molecular weight excluding hydrogens is 159 g/mol. The molecule has 2 nitrogen and oxygen atoms in total. The molecule has 7 heavy (non-hydrogen) atoms. The first-order valence-electron chi connectivity index (χ1n) is 2.15. The molecule has 0 N–H and O–H groups in total. The first kappa shape index (κ1) is 7.44. The minimum atomic E-state index is 0. The molecule has 0 amide bonds. The van der Waals surface area contributed by atoms with E-state index >= 15 is 0 Å². The molecule has 1 fully saturated rings. The smallest absolute Gasteiger partial charge is 0.0701 e. The third kappa shape index (κ3) is 3.06. The van der Waals surface area contributed by atoms with Crippen LogP contribution >= 0.6 is 0 Å². The molecule has 0 aromatic heterocycles. The van der Waals surface area contributed by atoms with Crippen molar-refractivity contribution in [1.29, 1.82) is 0 Å². The predicted molar refractivity (Wildman–Crippen MR) is 27.4 cm³/mol. The third-order valence-electron chi connectivity index (χ3n) is 0.744. The maximum atomic E-state index is 4.94. The summed E-state index contributed by atoms with van der Waals surface area (Å²) in [5.41, 5.74) is 0. The fourth-order valence-electron chi connectivity index (χ4n) is 0.440. The Bertz CT molecular complexity index is 25.2. The molecule has 42 valence electrons. The second-order valence-corrected chi connectivity index (χ2v) is 1.22. The molecule has 3 heteroatoms. The molecule has 0 atom stereocenters. The van der Waals surface area contributed by atoms with Crippen molar-refractivity contribution < 1.29 is 9.47 Å². The van der Waals surface area contributed by atoms with E-state index < -0.39 is 0 Å². The number of hydrogen-bond donors (Lipinski definition) is 0. The minimum absolute atomic E-state index is 0. The first-order valence-corrected chi connectivity index (χ1v) is 2.15. The van der Waals surface area contributed by atoms with Crippen molar-refractivity contribution >= 4 is 17.1 Å². The van der Waals surface area contributed by atoms with Gasteiger partial charge < -0.3 is 9.47 Å². The molecule has 1 aliphatic heterocycles. The average Bonchev–Trinajstić information content (AvgIpc) is 1.72. The van der Waals surface area contributed by atoms with Gasteiger partial charge in [0.1, 0.15) is 0 Å². The minimum Gasteiger partial charge on any atom is -0.377 e. The van der Waals surface area contributed by atoms with E-state index in [2.05, 4.69) is 0 Å². The van der Waals surface area contributed by atoms with Crippen molar-refractivity contribution in [2.24, 2.45) is 0 Å². The topological polar surface area (TPSA) is 18.5 Å². The third-order valence-corrected chi connectivity index (χ3v) is 0.744. The molecular formula is C4H8O2Se. The van der Waals surface area contributed by atoms with Gasteiger partial charge in [0.2, 0.25) is 0 Å². The van der Waals surface area contributed by atoms with E-state index in [0.29, 0.717) is 0 Å². The van der Waals surface area contributed by atoms with Gasteiger partial charge in [-0.3, -0.25) is 0 Å². The Hall–Kier alpha value is 0.439. The van der Waals surface area contributed by atoms with Crippen molar-refractivity contribution in [2.45, 2.75) is 0 Å². The second-order valence-electron chi connectivity index (χ2n) is 1.22. The van der Waals surface area contributed by atoms with Crippen LogP contribution in [0.5, 0.6) is 0 Å². The molecule has 0 aromatic rings. The van der Waals surface area contributed by atoms with Gasteiger partial charge in [-0.15, -0.1) is 0 Å². The normalized spacial score (nSPS) is 20.6. The zero-order chi connectivity index (χ0) is 4.24. The van der Waals surface area contributed by atoms with Gasteiger partial charge in [0.15, 0.2) is 0 Å². The molecule has 2 radical (unpaired) electrons. The van der Waals surface area contributed by atoms with E-state index in [1.165, 1.54) is 0 Å². The molecule has 0 saturated carbocycles. The molecule has 1 rings (SSSR count). The Labute approximate surface area is 53.7 Å². The maximum Gasteiger partial charge on any atom is 0.0701 e. The van der Waals surface area contributed by atoms with Gasteiger partial charge in [-0.05, 0) is 0 Å². The van der Waals surface area contributed by atoms with Gasteiger partial charge in [0, 0.05) is 17.1 Å². The summed E-state index contributed by atoms with van der Waals surface area (Å²) in [6.07, 6.45) is 0. The van der Waals surface area contributed by atoms with Crippen molar-refractivity contribution in [3.05, 3.63) is 0 Å². The Morgan fingerprint density at radius 1 is 0.714 bits per heavy atom. The quantitative estimate of drug-likeness (QED) is 0.459. The Kier molecular flexibility index (Phi) is 4.88. The summed E-state index contributed by atoms with van der Waals surface area (Å²) in [6.45, 7) is 3.11. The first-order chi connectivity index (χ1) is 3.00. The summed E-state index contributed by atoms with van der Waals surface area (Å²) in [7, 11) is 0. The van der Waals surface area contributed by atoms with E-state index in [-0.39, 0.29) is 17.1 Å². The number of ether oxygens (including phenoxy) is 2. The molecule has 0 bridgehead atoms. The van der Waals surface area contributed by atoms with E-state index in [1.54, 1.807) is 0 Å². The Morgan fingerprint density at radius 3 is 1.14 bits per heavy atom. The largest absolute Gasteiger partial charge is 0.377 e. The van der Waals surface area contributed by atoms with Gasteiger partial charge in [0.25, 0.3) is 0 Å². The second kappa shape index (κ2) is 4.59. The Morgan fingerprint density at radius 2 is 1.00 bits per heavy atom. The summed E-state index contributed by atoms with van der Waals surface area (Å²) in [5.74, 6) is 0. The van der Waals surface area contributed by atoms with Gasteiger partial charge >= 0.3 is 0 Å². The number of rotatable bonds is 0. The summed E-state index contributed by atoms with van der Waals surface area (Å²) >= 11 is 0. The summed E-state index contributed by atoms with van der Waals surface area (Å²) in [6, 6.07) is 0. The summed E-state index contributed by atoms with van der Waals surface area (Å²) in [5, 5.41) is 0. The summed E-state index contributed by atoms with van der Waals surface area (Å²) < 4.78 is 9.89. The fraction of sp³-hybridized carbons (Fsp3) is 1.00. The number of hydrogen-bond acceptors (Lipinski definition) is 2. The van der Waals surface area contributed by atoms with Crippen LogP contribution in [0.2, 0.25) is 0 Å². The zero-order valence-corrected chi connectivity index (χ0v) is 5.77. The van der Waals surface area contributed by atoms with Crippen LogP contribution in [0, 0.1) is 0 Å². The van der Waals surface area contributed by atoms with E-state index in [4.69, 9.17) is 9.47 Å². The van der Waals surface area contributed by atoms with Crippen LogP contribution in [0.3, 0.4) is 0 Å². The molecule has 0 aliphatic carbocycles. The maximum absolute atomic E-state index is 4.94. The van der Waals surface area contributed by atoms with Crippen LogP contribution in [0.25, 0.3) is 0 Å². The van der Waals surface area contributed by atoms with Gasteiger partial charge in [-0.25, -0.2) is 0 Å². The molecule has 0 spiro atoms. The average molecular weight is 167 g/mol. The van der Waals surface area contributed by atoms with Crippen LogP contribution in [0.15, 0.2) is 0 Å². The van der Waals surface area contributed by atoms with Crippen LogP contribution in [-0.4, -0.2) is 43.5 Å². The Balaban J connectivity index is 0.000000360. The molecule has 1 saturated heterocycles. The van der Waals surface area contributed by atoms with Crippen molar-refractivity contribution in [3.8, 4) is 0 Å². The predicted octanol–water partition coefficient (Wildman–Crippen LogP) is -0.348. The monoisotopic (exact) mass is 168 g/mol. The van der Waals surface area contributed by atoms with Gasteiger partial charge in [0.05, 0.1) is 26.4 Å². The van der Waals surface area contributed by atoms with Gasteiger partial charge in [-0.2, -0.15) is 0 Å². The molecule has 1 heterocycles. The van der Waals surface area contributed by atoms with Crippen LogP contribution < -0.4 is 0 Å². The van der Waals surface area contributed by atoms with Crippen molar-refractivity contribution in [1.82, 2.24) is 0 Å². The van der Waals surface area contributed by atoms with Gasteiger partial charge in [-0.1, -0.05) is 0 Å². The zero-order valence-electron chi connectivity index (χ0n) is 4.05. The van der Waals surface area contributed by atoms with Crippen LogP contribution in [0.4, 0.5) is 0 Å². The van der Waals surface area contributed by atoms with Crippen molar-refractivity contribution in [3.63, 3.8) is 0 Å². The summed E-state index contributed by atoms with van der Waals surface area (Å²) in [4.78, 5) is 0. The molecule has 0 aromatic carbocycles. The van der Waals surface area contributed by atoms with E-state index in [9.17, 15) is 0 Å². The van der Waals surface area contributed by atoms with Crippen molar-refractivity contribution in [2.75, 3.05) is 26.4 Å². The van der Waals surface area contributed by atoms with Crippen LogP contribution in [0.1, 0.15) is 0 Å². The molecule has 0 unspecified atom stereocenters. The molecule has 1 aliphatic rings. The van der Waals surface area contributed by atoms with E-state index in [1.807, 2.05) is 0 Å². The van der Waals surface area contributed by atoms with E-state index in [0.717, 1.165) is 26.4 Å². The SMILES string of the molecule is C1COCCO1.[Se].